The normalized spacial score (nSPS) is 21.0. The second-order valence-corrected chi connectivity index (χ2v) is 6.81. The van der Waals surface area contributed by atoms with Crippen molar-refractivity contribution in [3.8, 4) is 6.07 Å². The van der Waals surface area contributed by atoms with Crippen LogP contribution in [0.15, 0.2) is 24.5 Å². The first-order chi connectivity index (χ1) is 12.0. The number of aryl methyl sites for hydroxylation is 1. The molecule has 1 aliphatic heterocycles. The smallest absolute Gasteiger partial charge is 0.270 e. The second kappa shape index (κ2) is 7.11. The lowest BCUT2D eigenvalue weighted by molar-refractivity contribution is 0.0626. The Hall–Kier alpha value is -2.59. The third kappa shape index (κ3) is 3.44. The average molecular weight is 340 g/mol. The number of rotatable bonds is 4. The number of aromatic amines is 1. The van der Waals surface area contributed by atoms with Crippen LogP contribution in [-0.4, -0.2) is 57.7 Å². The third-order valence-electron chi connectivity index (χ3n) is 5.07. The van der Waals surface area contributed by atoms with Gasteiger partial charge in [-0.25, -0.2) is 0 Å². The molecule has 0 saturated carbocycles. The van der Waals surface area contributed by atoms with E-state index in [4.69, 9.17) is 5.26 Å². The number of piperidine rings is 1. The van der Waals surface area contributed by atoms with E-state index < -0.39 is 0 Å². The second-order valence-electron chi connectivity index (χ2n) is 6.81. The zero-order valence-electron chi connectivity index (χ0n) is 14.9. The van der Waals surface area contributed by atoms with E-state index in [1.807, 2.05) is 31.0 Å². The van der Waals surface area contributed by atoms with E-state index in [0.29, 0.717) is 23.7 Å². The van der Waals surface area contributed by atoms with Crippen LogP contribution in [0.5, 0.6) is 0 Å². The minimum absolute atomic E-state index is 0.0847. The van der Waals surface area contributed by atoms with Crippen LogP contribution in [0.25, 0.3) is 0 Å². The van der Waals surface area contributed by atoms with E-state index in [9.17, 15) is 4.79 Å². The number of aromatic nitrogens is 3. The average Bonchev–Trinajstić information content (AvgIpc) is 3.23. The van der Waals surface area contributed by atoms with Crippen LogP contribution in [0, 0.1) is 17.2 Å². The molecule has 132 valence electrons. The number of nitrogens with one attached hydrogen (secondary N) is 1. The molecule has 1 aliphatic rings. The number of nitrogens with zero attached hydrogens (tertiary/aromatic N) is 5. The molecule has 1 N–H and O–H groups in total. The molecule has 7 nitrogen and oxygen atoms in total. The lowest BCUT2D eigenvalue weighted by Gasteiger charge is -2.40. The zero-order valence-corrected chi connectivity index (χ0v) is 14.9. The number of carbonyl (C=O) groups is 1. The zero-order chi connectivity index (χ0) is 18.0. The summed E-state index contributed by atoms with van der Waals surface area (Å²) in [6.07, 6.45) is 5.59. The van der Waals surface area contributed by atoms with E-state index in [1.54, 1.807) is 17.2 Å². The van der Waals surface area contributed by atoms with Crippen molar-refractivity contribution in [2.45, 2.75) is 18.9 Å². The highest BCUT2D eigenvalue weighted by atomic mass is 16.2. The van der Waals surface area contributed by atoms with Gasteiger partial charge in [0.05, 0.1) is 17.3 Å². The summed E-state index contributed by atoms with van der Waals surface area (Å²) in [7, 11) is 5.92. The fourth-order valence-electron chi connectivity index (χ4n) is 3.82. The van der Waals surface area contributed by atoms with Crippen LogP contribution in [-0.2, 0) is 7.05 Å². The first kappa shape index (κ1) is 17.2. The van der Waals surface area contributed by atoms with Gasteiger partial charge < -0.3 is 9.88 Å². The predicted molar refractivity (Wildman–Crippen MR) is 93.8 cm³/mol. The molecule has 0 aromatic carbocycles. The van der Waals surface area contributed by atoms with Crippen molar-refractivity contribution in [2.75, 3.05) is 27.2 Å². The third-order valence-corrected chi connectivity index (χ3v) is 5.07. The first-order valence-electron chi connectivity index (χ1n) is 8.53. The maximum absolute atomic E-state index is 12.6. The summed E-state index contributed by atoms with van der Waals surface area (Å²) < 4.78 is 1.92. The molecule has 3 rings (SSSR count). The molecule has 2 aromatic heterocycles. The van der Waals surface area contributed by atoms with Gasteiger partial charge in [-0.1, -0.05) is 0 Å². The van der Waals surface area contributed by atoms with Crippen LogP contribution >= 0.6 is 0 Å². The number of carbonyl (C=O) groups excluding carboxylic acids is 1. The SMILES string of the molecule is CN(C[C@@H]1CCCN(C)[C@H]1c1ccnn1C)C(=O)c1cc(C#N)c[nH]1. The summed E-state index contributed by atoms with van der Waals surface area (Å²) >= 11 is 0. The number of nitriles is 1. The van der Waals surface area contributed by atoms with Crippen molar-refractivity contribution < 1.29 is 4.79 Å². The van der Waals surface area contributed by atoms with E-state index in [-0.39, 0.29) is 11.9 Å². The lowest BCUT2D eigenvalue weighted by Crippen LogP contribution is -2.43. The van der Waals surface area contributed by atoms with Crippen molar-refractivity contribution in [2.24, 2.45) is 13.0 Å². The van der Waals surface area contributed by atoms with Gasteiger partial charge in [0.1, 0.15) is 11.8 Å². The molecule has 1 saturated heterocycles. The standard InChI is InChI=1S/C18H24N6O/c1-22-8-4-5-14(17(22)16-6-7-21-24(16)3)12-23(2)18(25)15-9-13(10-19)11-20-15/h6-7,9,11,14,17,20H,4-5,8,12H2,1-3H3/t14-,17+/m0/s1. The molecule has 0 aliphatic carbocycles. The molecule has 3 heterocycles. The van der Waals surface area contributed by atoms with Crippen LogP contribution < -0.4 is 0 Å². The summed E-state index contributed by atoms with van der Waals surface area (Å²) in [6, 6.07) is 5.95. The Morgan fingerprint density at radius 3 is 2.96 bits per heavy atom. The molecule has 1 fully saturated rings. The lowest BCUT2D eigenvalue weighted by atomic mass is 9.87. The van der Waals surface area contributed by atoms with Gasteiger partial charge >= 0.3 is 0 Å². The molecular weight excluding hydrogens is 316 g/mol. The topological polar surface area (TPSA) is 80.9 Å². The molecule has 0 spiro atoms. The number of likely N-dealkylation sites (tertiary alicyclic amines) is 1. The van der Waals surface area contributed by atoms with Gasteiger partial charge in [-0.15, -0.1) is 0 Å². The number of hydrogen-bond donors (Lipinski definition) is 1. The molecule has 7 heteroatoms. The number of H-pyrrole nitrogens is 1. The fourth-order valence-corrected chi connectivity index (χ4v) is 3.82. The minimum Gasteiger partial charge on any atom is -0.356 e. The van der Waals surface area contributed by atoms with Crippen LogP contribution in [0.4, 0.5) is 0 Å². The fraction of sp³-hybridized carbons (Fsp3) is 0.500. The maximum atomic E-state index is 12.6. The van der Waals surface area contributed by atoms with Crippen LogP contribution in [0.3, 0.4) is 0 Å². The van der Waals surface area contributed by atoms with Crippen molar-refractivity contribution in [3.63, 3.8) is 0 Å². The van der Waals surface area contributed by atoms with Gasteiger partial charge in [-0.3, -0.25) is 14.4 Å². The molecule has 2 aromatic rings. The molecule has 0 unspecified atom stereocenters. The van der Waals surface area contributed by atoms with E-state index >= 15 is 0 Å². The maximum Gasteiger partial charge on any atom is 0.270 e. The van der Waals surface area contributed by atoms with Gasteiger partial charge in [-0.05, 0) is 44.5 Å². The highest BCUT2D eigenvalue weighted by Gasteiger charge is 2.33. The minimum atomic E-state index is -0.0847. The molecule has 0 bridgehead atoms. The van der Waals surface area contributed by atoms with E-state index in [1.165, 1.54) is 5.69 Å². The van der Waals surface area contributed by atoms with E-state index in [0.717, 1.165) is 19.4 Å². The Balaban J connectivity index is 1.76. The van der Waals surface area contributed by atoms with Crippen LogP contribution in [0.2, 0.25) is 0 Å². The van der Waals surface area contributed by atoms with Crippen molar-refractivity contribution >= 4 is 5.91 Å². The quantitative estimate of drug-likeness (QED) is 0.920. The Kier molecular flexibility index (Phi) is 4.91. The Morgan fingerprint density at radius 2 is 2.32 bits per heavy atom. The van der Waals surface area contributed by atoms with Crippen LogP contribution in [0.1, 0.15) is 40.6 Å². The Morgan fingerprint density at radius 1 is 1.52 bits per heavy atom. The molecule has 2 atom stereocenters. The van der Waals surface area contributed by atoms with Gasteiger partial charge in [0.25, 0.3) is 5.91 Å². The Bertz CT molecular complexity index is 786. The summed E-state index contributed by atoms with van der Waals surface area (Å²) in [6.45, 7) is 1.71. The van der Waals surface area contributed by atoms with E-state index in [2.05, 4.69) is 28.1 Å². The molecule has 0 radical (unpaired) electrons. The highest BCUT2D eigenvalue weighted by molar-refractivity contribution is 5.92. The van der Waals surface area contributed by atoms with Gasteiger partial charge in [-0.2, -0.15) is 10.4 Å². The largest absolute Gasteiger partial charge is 0.356 e. The number of amides is 1. The summed E-state index contributed by atoms with van der Waals surface area (Å²) in [4.78, 5) is 19.6. The molecule has 25 heavy (non-hydrogen) atoms. The molecule has 1 amide bonds. The summed E-state index contributed by atoms with van der Waals surface area (Å²) in [5.74, 6) is 0.256. The van der Waals surface area contributed by atoms with Gasteiger partial charge in [0.15, 0.2) is 0 Å². The summed E-state index contributed by atoms with van der Waals surface area (Å²) in [5.41, 5.74) is 2.11. The number of hydrogen-bond acceptors (Lipinski definition) is 4. The van der Waals surface area contributed by atoms with Crippen molar-refractivity contribution in [1.82, 2.24) is 24.6 Å². The van der Waals surface area contributed by atoms with Crippen molar-refractivity contribution in [1.29, 1.82) is 5.26 Å². The summed E-state index contributed by atoms with van der Waals surface area (Å²) in [5, 5.41) is 13.2. The highest BCUT2D eigenvalue weighted by Crippen LogP contribution is 2.35. The first-order valence-corrected chi connectivity index (χ1v) is 8.53. The predicted octanol–water partition coefficient (Wildman–Crippen LogP) is 1.77. The van der Waals surface area contributed by atoms with Gasteiger partial charge in [0, 0.05) is 33.0 Å². The van der Waals surface area contributed by atoms with Crippen molar-refractivity contribution in [3.05, 3.63) is 41.5 Å². The van der Waals surface area contributed by atoms with Gasteiger partial charge in [0.2, 0.25) is 0 Å². The monoisotopic (exact) mass is 340 g/mol. The molecular formula is C18H24N6O. The Labute approximate surface area is 147 Å².